The van der Waals surface area contributed by atoms with Gasteiger partial charge in [-0.2, -0.15) is 0 Å². The molecule has 1 heterocycles. The summed E-state index contributed by atoms with van der Waals surface area (Å²) in [6.45, 7) is 1.85. The van der Waals surface area contributed by atoms with Crippen LogP contribution in [0.4, 0.5) is 4.39 Å². The molecule has 0 aliphatic heterocycles. The Hall–Kier alpha value is -2.53. The predicted molar refractivity (Wildman–Crippen MR) is 98.8 cm³/mol. The van der Waals surface area contributed by atoms with Gasteiger partial charge in [0.2, 0.25) is 0 Å². The Balaban J connectivity index is 1.97. The molecule has 1 aromatic heterocycles. The molecule has 5 heteroatoms. The molecule has 126 valence electrons. The monoisotopic (exact) mass is 398 g/mol. The lowest BCUT2D eigenvalue weighted by Gasteiger charge is -2.20. The summed E-state index contributed by atoms with van der Waals surface area (Å²) in [6.07, 6.45) is 1.52. The standard InChI is InChI=1S/C20H16BrFN2O/c1-13-7-8-15(12-23-13)20(25)24-19(14-5-3-2-4-6-14)17-10-9-16(21)11-18(17)22/h2-12,19H,1H3,(H,24,25)/t19-/m0/s1. The molecule has 0 radical (unpaired) electrons. The Bertz CT molecular complexity index is 882. The SMILES string of the molecule is Cc1ccc(C(=O)N[C@@H](c2ccccc2)c2ccc(Br)cc2F)cn1. The van der Waals surface area contributed by atoms with E-state index in [0.29, 0.717) is 15.6 Å². The van der Waals surface area contributed by atoms with Crippen LogP contribution in [-0.4, -0.2) is 10.9 Å². The molecule has 2 aromatic carbocycles. The zero-order valence-electron chi connectivity index (χ0n) is 13.5. The van der Waals surface area contributed by atoms with Gasteiger partial charge in [-0.1, -0.05) is 52.3 Å². The maximum atomic E-state index is 14.5. The number of rotatable bonds is 4. The van der Waals surface area contributed by atoms with Crippen molar-refractivity contribution in [3.05, 3.63) is 99.5 Å². The average Bonchev–Trinajstić information content (AvgIpc) is 2.61. The van der Waals surface area contributed by atoms with Crippen molar-refractivity contribution in [3.8, 4) is 0 Å². The van der Waals surface area contributed by atoms with Crippen LogP contribution >= 0.6 is 15.9 Å². The van der Waals surface area contributed by atoms with E-state index < -0.39 is 6.04 Å². The van der Waals surface area contributed by atoms with Gasteiger partial charge in [-0.25, -0.2) is 4.39 Å². The zero-order valence-corrected chi connectivity index (χ0v) is 15.1. The number of carbonyl (C=O) groups excluding carboxylic acids is 1. The van der Waals surface area contributed by atoms with Gasteiger partial charge in [-0.15, -0.1) is 0 Å². The lowest BCUT2D eigenvalue weighted by atomic mass is 9.98. The van der Waals surface area contributed by atoms with Gasteiger partial charge in [-0.05, 0) is 36.8 Å². The number of amides is 1. The second kappa shape index (κ2) is 7.57. The van der Waals surface area contributed by atoms with Crippen LogP contribution < -0.4 is 5.32 Å². The molecule has 3 nitrogen and oxygen atoms in total. The number of carbonyl (C=O) groups is 1. The van der Waals surface area contributed by atoms with Crippen LogP contribution in [-0.2, 0) is 0 Å². The second-order valence-electron chi connectivity index (χ2n) is 5.67. The summed E-state index contributed by atoms with van der Waals surface area (Å²) in [4.78, 5) is 16.7. The number of aromatic nitrogens is 1. The van der Waals surface area contributed by atoms with Gasteiger partial charge in [0.15, 0.2) is 0 Å². The molecule has 1 atom stereocenters. The Morgan fingerprint density at radius 1 is 1.12 bits per heavy atom. The molecule has 0 bridgehead atoms. The zero-order chi connectivity index (χ0) is 17.8. The fourth-order valence-corrected chi connectivity index (χ4v) is 2.87. The highest BCUT2D eigenvalue weighted by molar-refractivity contribution is 9.10. The van der Waals surface area contributed by atoms with Gasteiger partial charge < -0.3 is 5.32 Å². The van der Waals surface area contributed by atoms with Gasteiger partial charge >= 0.3 is 0 Å². The summed E-state index contributed by atoms with van der Waals surface area (Å²) in [7, 11) is 0. The molecule has 0 saturated heterocycles. The molecule has 0 spiro atoms. The molecule has 0 aliphatic carbocycles. The van der Waals surface area contributed by atoms with Crippen molar-refractivity contribution in [2.75, 3.05) is 0 Å². The minimum absolute atomic E-state index is 0.302. The molecule has 1 N–H and O–H groups in total. The number of benzene rings is 2. The van der Waals surface area contributed by atoms with E-state index in [1.165, 1.54) is 12.3 Å². The van der Waals surface area contributed by atoms with Crippen LogP contribution in [0.25, 0.3) is 0 Å². The van der Waals surface area contributed by atoms with E-state index in [4.69, 9.17) is 0 Å². The highest BCUT2D eigenvalue weighted by atomic mass is 79.9. The molecule has 0 fully saturated rings. The second-order valence-corrected chi connectivity index (χ2v) is 6.59. The van der Waals surface area contributed by atoms with Crippen molar-refractivity contribution in [1.29, 1.82) is 0 Å². The molecular formula is C20H16BrFN2O. The Morgan fingerprint density at radius 2 is 1.88 bits per heavy atom. The van der Waals surface area contributed by atoms with Gasteiger partial charge in [0.05, 0.1) is 11.6 Å². The smallest absolute Gasteiger partial charge is 0.253 e. The normalized spacial score (nSPS) is 11.8. The molecule has 0 saturated carbocycles. The number of nitrogens with zero attached hydrogens (tertiary/aromatic N) is 1. The lowest BCUT2D eigenvalue weighted by Crippen LogP contribution is -2.30. The van der Waals surface area contributed by atoms with E-state index in [-0.39, 0.29) is 11.7 Å². The van der Waals surface area contributed by atoms with Crippen LogP contribution in [0, 0.1) is 12.7 Å². The van der Waals surface area contributed by atoms with Crippen molar-refractivity contribution in [1.82, 2.24) is 10.3 Å². The molecular weight excluding hydrogens is 383 g/mol. The minimum Gasteiger partial charge on any atom is -0.341 e. The number of pyridine rings is 1. The maximum Gasteiger partial charge on any atom is 0.253 e. The van der Waals surface area contributed by atoms with E-state index in [1.807, 2.05) is 37.3 Å². The first-order chi connectivity index (χ1) is 12.0. The number of hydrogen-bond donors (Lipinski definition) is 1. The first-order valence-corrected chi connectivity index (χ1v) is 8.57. The van der Waals surface area contributed by atoms with Crippen LogP contribution in [0.3, 0.4) is 0 Å². The maximum absolute atomic E-state index is 14.5. The van der Waals surface area contributed by atoms with Gasteiger partial charge in [0, 0.05) is 21.9 Å². The molecule has 25 heavy (non-hydrogen) atoms. The van der Waals surface area contributed by atoms with Crippen molar-refractivity contribution in [2.24, 2.45) is 0 Å². The fraction of sp³-hybridized carbons (Fsp3) is 0.100. The van der Waals surface area contributed by atoms with Crippen LogP contribution in [0.1, 0.15) is 33.2 Å². The van der Waals surface area contributed by atoms with E-state index in [1.54, 1.807) is 24.3 Å². The largest absolute Gasteiger partial charge is 0.341 e. The highest BCUT2D eigenvalue weighted by Gasteiger charge is 2.21. The molecule has 3 aromatic rings. The Kier molecular flexibility index (Phi) is 5.24. The minimum atomic E-state index is -0.594. The third-order valence-corrected chi connectivity index (χ3v) is 4.35. The first kappa shape index (κ1) is 17.3. The average molecular weight is 399 g/mol. The summed E-state index contributed by atoms with van der Waals surface area (Å²) in [6, 6.07) is 17.0. The van der Waals surface area contributed by atoms with Crippen molar-refractivity contribution >= 4 is 21.8 Å². The first-order valence-electron chi connectivity index (χ1n) is 7.78. The Labute approximate surface area is 154 Å². The summed E-state index contributed by atoms with van der Waals surface area (Å²) >= 11 is 3.26. The van der Waals surface area contributed by atoms with Crippen molar-refractivity contribution < 1.29 is 9.18 Å². The van der Waals surface area contributed by atoms with Gasteiger partial charge in [0.1, 0.15) is 5.82 Å². The van der Waals surface area contributed by atoms with Crippen LogP contribution in [0.2, 0.25) is 0 Å². The molecule has 0 aliphatic rings. The van der Waals surface area contributed by atoms with Crippen molar-refractivity contribution in [2.45, 2.75) is 13.0 Å². The summed E-state index contributed by atoms with van der Waals surface area (Å²) in [5, 5.41) is 2.91. The van der Waals surface area contributed by atoms with Crippen LogP contribution in [0.15, 0.2) is 71.3 Å². The van der Waals surface area contributed by atoms with Crippen molar-refractivity contribution in [3.63, 3.8) is 0 Å². The van der Waals surface area contributed by atoms with E-state index in [0.717, 1.165) is 11.3 Å². The quantitative estimate of drug-likeness (QED) is 0.684. The number of aryl methyl sites for hydroxylation is 1. The fourth-order valence-electron chi connectivity index (χ4n) is 2.54. The topological polar surface area (TPSA) is 42.0 Å². The van der Waals surface area contributed by atoms with E-state index in [2.05, 4.69) is 26.2 Å². The van der Waals surface area contributed by atoms with Gasteiger partial charge in [-0.3, -0.25) is 9.78 Å². The third kappa shape index (κ3) is 4.12. The lowest BCUT2D eigenvalue weighted by molar-refractivity contribution is 0.0942. The summed E-state index contributed by atoms with van der Waals surface area (Å²) in [5.74, 6) is -0.686. The molecule has 3 rings (SSSR count). The third-order valence-electron chi connectivity index (χ3n) is 3.86. The van der Waals surface area contributed by atoms with E-state index >= 15 is 0 Å². The number of hydrogen-bond acceptors (Lipinski definition) is 2. The van der Waals surface area contributed by atoms with Gasteiger partial charge in [0.25, 0.3) is 5.91 Å². The summed E-state index contributed by atoms with van der Waals surface area (Å²) < 4.78 is 15.1. The van der Waals surface area contributed by atoms with Crippen LogP contribution in [0.5, 0.6) is 0 Å². The predicted octanol–water partition coefficient (Wildman–Crippen LogP) is 4.81. The molecule has 0 unspecified atom stereocenters. The molecule has 1 amide bonds. The Morgan fingerprint density at radius 3 is 2.52 bits per heavy atom. The van der Waals surface area contributed by atoms with E-state index in [9.17, 15) is 9.18 Å². The number of halogens is 2. The highest BCUT2D eigenvalue weighted by Crippen LogP contribution is 2.27. The summed E-state index contributed by atoms with van der Waals surface area (Å²) in [5.41, 5.74) is 2.47. The number of nitrogens with one attached hydrogen (secondary N) is 1.